The Bertz CT molecular complexity index is 1760. The summed E-state index contributed by atoms with van der Waals surface area (Å²) >= 11 is 2.17. The van der Waals surface area contributed by atoms with Crippen LogP contribution in [0.3, 0.4) is 0 Å². The fraction of sp³-hybridized carbons (Fsp3) is 0.0667. The fourth-order valence-electron chi connectivity index (χ4n) is 3.99. The summed E-state index contributed by atoms with van der Waals surface area (Å²) in [7, 11) is 1.56. The van der Waals surface area contributed by atoms with E-state index in [9.17, 15) is 10.1 Å². The summed E-state index contributed by atoms with van der Waals surface area (Å²) in [5.74, 6) is 1.52. The largest absolute Gasteiger partial charge is 0.493 e. The van der Waals surface area contributed by atoms with Crippen LogP contribution in [0.2, 0.25) is 0 Å². The van der Waals surface area contributed by atoms with Crippen LogP contribution in [-0.4, -0.2) is 23.0 Å². The highest BCUT2D eigenvalue weighted by atomic mass is 127. The highest BCUT2D eigenvalue weighted by molar-refractivity contribution is 14.1. The Kier molecular flexibility index (Phi) is 7.47. The van der Waals surface area contributed by atoms with E-state index in [0.29, 0.717) is 33.8 Å². The topological polar surface area (TPSA) is 89.5 Å². The van der Waals surface area contributed by atoms with Gasteiger partial charge in [0.1, 0.15) is 6.61 Å². The molecule has 0 aliphatic carbocycles. The number of nitriles is 1. The highest BCUT2D eigenvalue weighted by Gasteiger charge is 2.14. The number of benzene rings is 4. The smallest absolute Gasteiger partial charge is 0.282 e. The number of rotatable bonds is 7. The van der Waals surface area contributed by atoms with Crippen molar-refractivity contribution in [1.29, 1.82) is 5.26 Å². The van der Waals surface area contributed by atoms with E-state index in [1.54, 1.807) is 31.5 Å². The minimum Gasteiger partial charge on any atom is -0.493 e. The maximum Gasteiger partial charge on any atom is 0.282 e. The highest BCUT2D eigenvalue weighted by Crippen LogP contribution is 2.34. The molecule has 0 bridgehead atoms. The predicted molar refractivity (Wildman–Crippen MR) is 156 cm³/mol. The molecule has 1 heterocycles. The van der Waals surface area contributed by atoms with E-state index >= 15 is 0 Å². The maximum absolute atomic E-state index is 13.4. The molecule has 8 heteroatoms. The number of fused-ring (bicyclic) bond motifs is 1. The van der Waals surface area contributed by atoms with Crippen LogP contribution < -0.4 is 15.0 Å². The third-order valence-corrected chi connectivity index (χ3v) is 6.67. The zero-order chi connectivity index (χ0) is 26.5. The maximum atomic E-state index is 13.4. The quantitative estimate of drug-likeness (QED) is 0.166. The minimum absolute atomic E-state index is 0.224. The third kappa shape index (κ3) is 5.14. The third-order valence-electron chi connectivity index (χ3n) is 5.87. The first-order chi connectivity index (χ1) is 18.6. The van der Waals surface area contributed by atoms with Crippen LogP contribution in [0.5, 0.6) is 11.5 Å². The molecule has 0 aliphatic rings. The standard InChI is InChI=1S/C30H21IN4O3/c1-37-27-16-20(15-25(31)28(27)38-19-23-12-6-5-11-22(23)17-32)18-33-35-29(21-9-3-2-4-10-21)34-26-14-8-7-13-24(26)30(35)36/h2-16,18H,19H2,1H3. The zero-order valence-corrected chi connectivity index (χ0v) is 22.5. The molecular weight excluding hydrogens is 591 g/mol. The van der Waals surface area contributed by atoms with Crippen molar-refractivity contribution in [3.63, 3.8) is 0 Å². The molecule has 7 nitrogen and oxygen atoms in total. The van der Waals surface area contributed by atoms with Crippen LogP contribution in [-0.2, 0) is 6.61 Å². The van der Waals surface area contributed by atoms with Crippen LogP contribution in [0.1, 0.15) is 16.7 Å². The molecule has 0 amide bonds. The van der Waals surface area contributed by atoms with Gasteiger partial charge in [-0.1, -0.05) is 60.7 Å². The van der Waals surface area contributed by atoms with E-state index in [1.807, 2.05) is 72.8 Å². The molecule has 0 aliphatic heterocycles. The molecule has 0 atom stereocenters. The summed E-state index contributed by atoms with van der Waals surface area (Å²) in [6, 6.07) is 29.9. The first-order valence-electron chi connectivity index (χ1n) is 11.7. The number of methoxy groups -OCH3 is 1. The van der Waals surface area contributed by atoms with Crippen molar-refractivity contribution in [2.24, 2.45) is 5.10 Å². The number of hydrogen-bond acceptors (Lipinski definition) is 6. The van der Waals surface area contributed by atoms with Crippen molar-refractivity contribution in [1.82, 2.24) is 9.66 Å². The second-order valence-electron chi connectivity index (χ2n) is 8.27. The lowest BCUT2D eigenvalue weighted by atomic mass is 10.1. The summed E-state index contributed by atoms with van der Waals surface area (Å²) in [5.41, 5.74) is 3.20. The van der Waals surface area contributed by atoms with Gasteiger partial charge in [0.25, 0.3) is 5.56 Å². The second kappa shape index (κ2) is 11.3. The number of para-hydroxylation sites is 1. The lowest BCUT2D eigenvalue weighted by Crippen LogP contribution is -2.20. The van der Waals surface area contributed by atoms with Gasteiger partial charge >= 0.3 is 0 Å². The van der Waals surface area contributed by atoms with Crippen LogP contribution in [0, 0.1) is 14.9 Å². The first kappa shape index (κ1) is 25.2. The van der Waals surface area contributed by atoms with Gasteiger partial charge in [0.2, 0.25) is 0 Å². The van der Waals surface area contributed by atoms with Gasteiger partial charge in [-0.05, 0) is 58.5 Å². The summed E-state index contributed by atoms with van der Waals surface area (Å²) < 4.78 is 13.8. The van der Waals surface area contributed by atoms with Gasteiger partial charge in [-0.15, -0.1) is 0 Å². The molecule has 0 saturated heterocycles. The number of ether oxygens (including phenoxy) is 2. The van der Waals surface area contributed by atoms with Crippen molar-refractivity contribution >= 4 is 39.7 Å². The van der Waals surface area contributed by atoms with Gasteiger partial charge in [-0.25, -0.2) is 4.98 Å². The van der Waals surface area contributed by atoms with Crippen molar-refractivity contribution < 1.29 is 9.47 Å². The Morgan fingerprint density at radius 2 is 1.76 bits per heavy atom. The van der Waals surface area contributed by atoms with Gasteiger partial charge in [0.15, 0.2) is 17.3 Å². The number of hydrogen-bond donors (Lipinski definition) is 0. The molecule has 0 spiro atoms. The van der Waals surface area contributed by atoms with E-state index in [2.05, 4.69) is 33.8 Å². The van der Waals surface area contributed by atoms with E-state index in [4.69, 9.17) is 14.5 Å². The van der Waals surface area contributed by atoms with Gasteiger partial charge in [-0.3, -0.25) is 4.79 Å². The molecule has 38 heavy (non-hydrogen) atoms. The molecule has 0 fully saturated rings. The van der Waals surface area contributed by atoms with Crippen LogP contribution in [0.4, 0.5) is 0 Å². The average molecular weight is 612 g/mol. The zero-order valence-electron chi connectivity index (χ0n) is 20.3. The summed E-state index contributed by atoms with van der Waals surface area (Å²) in [6.07, 6.45) is 1.60. The number of aromatic nitrogens is 2. The monoisotopic (exact) mass is 612 g/mol. The van der Waals surface area contributed by atoms with Crippen molar-refractivity contribution in [3.8, 4) is 29.0 Å². The Labute approximate surface area is 232 Å². The Morgan fingerprint density at radius 1 is 1.03 bits per heavy atom. The van der Waals surface area contributed by atoms with Gasteiger partial charge in [-0.2, -0.15) is 15.0 Å². The molecule has 0 saturated carbocycles. The van der Waals surface area contributed by atoms with Crippen LogP contribution in [0.25, 0.3) is 22.3 Å². The number of halogens is 1. The van der Waals surface area contributed by atoms with Gasteiger partial charge < -0.3 is 9.47 Å². The second-order valence-corrected chi connectivity index (χ2v) is 9.43. The fourth-order valence-corrected chi connectivity index (χ4v) is 4.77. The van der Waals surface area contributed by atoms with E-state index in [0.717, 1.165) is 20.3 Å². The van der Waals surface area contributed by atoms with Crippen LogP contribution in [0.15, 0.2) is 101 Å². The van der Waals surface area contributed by atoms with Crippen molar-refractivity contribution in [2.45, 2.75) is 6.61 Å². The minimum atomic E-state index is -0.261. The molecule has 0 radical (unpaired) electrons. The van der Waals surface area contributed by atoms with E-state index in [-0.39, 0.29) is 12.2 Å². The molecule has 5 rings (SSSR count). The Balaban J connectivity index is 1.52. The first-order valence-corrected chi connectivity index (χ1v) is 12.8. The van der Waals surface area contributed by atoms with E-state index < -0.39 is 0 Å². The number of nitrogens with zero attached hydrogens (tertiary/aromatic N) is 4. The normalized spacial score (nSPS) is 11.0. The van der Waals surface area contributed by atoms with E-state index in [1.165, 1.54) is 4.68 Å². The predicted octanol–water partition coefficient (Wildman–Crippen LogP) is 6.01. The average Bonchev–Trinajstić information content (AvgIpc) is 2.96. The van der Waals surface area contributed by atoms with Crippen molar-refractivity contribution in [2.75, 3.05) is 7.11 Å². The molecule has 0 unspecified atom stereocenters. The summed E-state index contributed by atoms with van der Waals surface area (Å²) in [5, 5.41) is 14.4. The molecule has 1 aromatic heterocycles. The molecular formula is C30H21IN4O3. The molecule has 5 aromatic rings. The van der Waals surface area contributed by atoms with Crippen molar-refractivity contribution in [3.05, 3.63) is 122 Å². The lowest BCUT2D eigenvalue weighted by Gasteiger charge is -2.14. The lowest BCUT2D eigenvalue weighted by molar-refractivity contribution is 0.282. The van der Waals surface area contributed by atoms with Gasteiger partial charge in [0, 0.05) is 11.1 Å². The summed E-state index contributed by atoms with van der Waals surface area (Å²) in [6.45, 7) is 0.224. The SMILES string of the molecule is COc1cc(C=Nn2c(-c3ccccc3)nc3ccccc3c2=O)cc(I)c1OCc1ccccc1C#N. The molecule has 0 N–H and O–H groups in total. The van der Waals surface area contributed by atoms with Crippen LogP contribution >= 0.6 is 22.6 Å². The van der Waals surface area contributed by atoms with Gasteiger partial charge in [0.05, 0.1) is 39.4 Å². The molecule has 186 valence electrons. The molecule has 4 aromatic carbocycles. The Hall–Kier alpha value is -4.49. The summed E-state index contributed by atoms with van der Waals surface area (Å²) in [4.78, 5) is 18.1. The Morgan fingerprint density at radius 3 is 2.55 bits per heavy atom.